The van der Waals surface area contributed by atoms with E-state index in [9.17, 15) is 0 Å². The van der Waals surface area contributed by atoms with Crippen LogP contribution in [-0.4, -0.2) is 82.9 Å². The average molecular weight is 427 g/mol. The van der Waals surface area contributed by atoms with Crippen LogP contribution in [0, 0.1) is 6.92 Å². The fourth-order valence-corrected chi connectivity index (χ4v) is 3.36. The molecule has 0 saturated carbocycles. The van der Waals surface area contributed by atoms with Crippen molar-refractivity contribution in [1.82, 2.24) is 9.88 Å². The summed E-state index contributed by atoms with van der Waals surface area (Å²) in [4.78, 5) is 13.8. The molecule has 0 radical (unpaired) electrons. The molecule has 0 unspecified atom stereocenters. The van der Waals surface area contributed by atoms with Gasteiger partial charge in [-0.2, -0.15) is 0 Å². The SMILES string of the molecule is COCCN(C)c1cc(OCCN2CCOCC2)cc(CN=Cc2cccc(C)c2)n1. The van der Waals surface area contributed by atoms with Crippen LogP contribution in [0.1, 0.15) is 16.8 Å². The number of likely N-dealkylation sites (N-methyl/N-ethyl adjacent to an activating group) is 1. The van der Waals surface area contributed by atoms with Gasteiger partial charge in [0.1, 0.15) is 18.2 Å². The molecular formula is C24H34N4O3. The number of pyridine rings is 1. The van der Waals surface area contributed by atoms with E-state index in [0.29, 0.717) is 19.8 Å². The largest absolute Gasteiger partial charge is 0.492 e. The number of nitrogens with zero attached hydrogens (tertiary/aromatic N) is 4. The monoisotopic (exact) mass is 426 g/mol. The molecule has 168 valence electrons. The number of benzene rings is 1. The molecule has 3 rings (SSSR count). The summed E-state index contributed by atoms with van der Waals surface area (Å²) < 4.78 is 16.7. The topological polar surface area (TPSA) is 59.4 Å². The first-order valence-electron chi connectivity index (χ1n) is 10.8. The van der Waals surface area contributed by atoms with Gasteiger partial charge in [0.25, 0.3) is 0 Å². The van der Waals surface area contributed by atoms with Crippen LogP contribution in [0.2, 0.25) is 0 Å². The van der Waals surface area contributed by atoms with E-state index < -0.39 is 0 Å². The Morgan fingerprint density at radius 2 is 2.03 bits per heavy atom. The van der Waals surface area contributed by atoms with Gasteiger partial charge in [0.05, 0.1) is 32.1 Å². The summed E-state index contributed by atoms with van der Waals surface area (Å²) in [5, 5.41) is 0. The van der Waals surface area contributed by atoms with Gasteiger partial charge in [-0.15, -0.1) is 0 Å². The van der Waals surface area contributed by atoms with E-state index in [-0.39, 0.29) is 0 Å². The highest BCUT2D eigenvalue weighted by Crippen LogP contribution is 2.21. The molecule has 2 heterocycles. The standard InChI is InChI=1S/C24H34N4O3/c1-20-5-4-6-21(15-20)18-25-19-22-16-23(17-24(26-22)27(2)7-11-29-3)31-14-10-28-8-12-30-13-9-28/h4-6,15-18H,7-14,19H2,1-3H3. The first-order chi connectivity index (χ1) is 15.1. The van der Waals surface area contributed by atoms with Crippen LogP contribution in [0.5, 0.6) is 5.75 Å². The number of rotatable bonds is 11. The number of morpholine rings is 1. The molecule has 0 bridgehead atoms. The van der Waals surface area contributed by atoms with Crippen LogP contribution < -0.4 is 9.64 Å². The summed E-state index contributed by atoms with van der Waals surface area (Å²) in [6, 6.07) is 12.3. The molecule has 2 aromatic rings. The summed E-state index contributed by atoms with van der Waals surface area (Å²) in [5.41, 5.74) is 3.20. The highest BCUT2D eigenvalue weighted by Gasteiger charge is 2.11. The highest BCUT2D eigenvalue weighted by atomic mass is 16.5. The lowest BCUT2D eigenvalue weighted by Crippen LogP contribution is -2.38. The fraction of sp³-hybridized carbons (Fsp3) is 0.500. The number of anilines is 1. The number of aryl methyl sites for hydroxylation is 1. The summed E-state index contributed by atoms with van der Waals surface area (Å²) in [7, 11) is 3.72. The van der Waals surface area contributed by atoms with Crippen LogP contribution in [0.4, 0.5) is 5.82 Å². The van der Waals surface area contributed by atoms with Crippen molar-refractivity contribution in [3.8, 4) is 5.75 Å². The van der Waals surface area contributed by atoms with Crippen molar-refractivity contribution in [3.63, 3.8) is 0 Å². The number of methoxy groups -OCH3 is 1. The fourth-order valence-electron chi connectivity index (χ4n) is 3.36. The molecule has 1 aliphatic rings. The lowest BCUT2D eigenvalue weighted by Gasteiger charge is -2.26. The number of hydrogen-bond donors (Lipinski definition) is 0. The second-order valence-electron chi connectivity index (χ2n) is 7.75. The maximum absolute atomic E-state index is 6.09. The Labute approximate surface area is 185 Å². The quantitative estimate of drug-likeness (QED) is 0.515. The maximum Gasteiger partial charge on any atom is 0.132 e. The minimum atomic E-state index is 0.500. The van der Waals surface area contributed by atoms with Gasteiger partial charge in [0, 0.05) is 58.7 Å². The summed E-state index contributed by atoms with van der Waals surface area (Å²) in [6.07, 6.45) is 1.90. The average Bonchev–Trinajstić information content (AvgIpc) is 2.78. The van der Waals surface area contributed by atoms with Crippen molar-refractivity contribution in [2.24, 2.45) is 4.99 Å². The molecule has 7 heteroatoms. The number of hydrogen-bond acceptors (Lipinski definition) is 7. The zero-order chi connectivity index (χ0) is 21.9. The molecule has 0 atom stereocenters. The van der Waals surface area contributed by atoms with E-state index in [1.807, 2.05) is 31.5 Å². The highest BCUT2D eigenvalue weighted by molar-refractivity contribution is 5.79. The number of ether oxygens (including phenoxy) is 3. The molecule has 7 nitrogen and oxygen atoms in total. The van der Waals surface area contributed by atoms with Crippen molar-refractivity contribution in [1.29, 1.82) is 0 Å². The summed E-state index contributed by atoms with van der Waals surface area (Å²) in [6.45, 7) is 9.03. The van der Waals surface area contributed by atoms with Gasteiger partial charge in [0.2, 0.25) is 0 Å². The van der Waals surface area contributed by atoms with Crippen molar-refractivity contribution in [2.45, 2.75) is 13.5 Å². The lowest BCUT2D eigenvalue weighted by atomic mass is 10.1. The smallest absolute Gasteiger partial charge is 0.132 e. The molecular weight excluding hydrogens is 392 g/mol. The van der Waals surface area contributed by atoms with Gasteiger partial charge in [-0.1, -0.05) is 29.8 Å². The third-order valence-corrected chi connectivity index (χ3v) is 5.18. The second kappa shape index (κ2) is 12.4. The molecule has 1 aliphatic heterocycles. The van der Waals surface area contributed by atoms with E-state index in [2.05, 4.69) is 39.9 Å². The minimum Gasteiger partial charge on any atom is -0.492 e. The first kappa shape index (κ1) is 23.2. The zero-order valence-electron chi connectivity index (χ0n) is 18.9. The van der Waals surface area contributed by atoms with Crippen molar-refractivity contribution in [3.05, 3.63) is 53.2 Å². The van der Waals surface area contributed by atoms with E-state index in [4.69, 9.17) is 19.2 Å². The number of aromatic nitrogens is 1. The van der Waals surface area contributed by atoms with Crippen LogP contribution >= 0.6 is 0 Å². The third kappa shape index (κ3) is 7.94. The van der Waals surface area contributed by atoms with Gasteiger partial charge >= 0.3 is 0 Å². The predicted octanol–water partition coefficient (Wildman–Crippen LogP) is 2.80. The molecule has 0 spiro atoms. The van der Waals surface area contributed by atoms with Crippen molar-refractivity contribution < 1.29 is 14.2 Å². The van der Waals surface area contributed by atoms with Gasteiger partial charge in [-0.25, -0.2) is 4.98 Å². The Bertz CT molecular complexity index is 837. The Hall–Kier alpha value is -2.48. The molecule has 1 fully saturated rings. The normalized spacial score (nSPS) is 14.8. The summed E-state index contributed by atoms with van der Waals surface area (Å²) in [5.74, 6) is 1.69. The van der Waals surface area contributed by atoms with E-state index in [0.717, 1.165) is 62.2 Å². The van der Waals surface area contributed by atoms with Gasteiger partial charge < -0.3 is 19.1 Å². The van der Waals surface area contributed by atoms with Gasteiger partial charge in [-0.05, 0) is 12.5 Å². The van der Waals surface area contributed by atoms with Crippen LogP contribution in [0.15, 0.2) is 41.4 Å². The van der Waals surface area contributed by atoms with Crippen LogP contribution in [-0.2, 0) is 16.0 Å². The number of aliphatic imine (C=N–C) groups is 1. The molecule has 1 aromatic heterocycles. The second-order valence-corrected chi connectivity index (χ2v) is 7.75. The van der Waals surface area contributed by atoms with Crippen LogP contribution in [0.25, 0.3) is 0 Å². The third-order valence-electron chi connectivity index (χ3n) is 5.18. The Morgan fingerprint density at radius 1 is 1.19 bits per heavy atom. The van der Waals surface area contributed by atoms with E-state index in [1.165, 1.54) is 5.56 Å². The molecule has 0 N–H and O–H groups in total. The Kier molecular flexibility index (Phi) is 9.27. The van der Waals surface area contributed by atoms with E-state index >= 15 is 0 Å². The molecule has 0 amide bonds. The predicted molar refractivity (Wildman–Crippen MR) is 125 cm³/mol. The maximum atomic E-state index is 6.09. The molecule has 0 aliphatic carbocycles. The van der Waals surface area contributed by atoms with E-state index in [1.54, 1.807) is 7.11 Å². The van der Waals surface area contributed by atoms with Gasteiger partial charge in [0.15, 0.2) is 0 Å². The van der Waals surface area contributed by atoms with Crippen molar-refractivity contribution in [2.75, 3.05) is 71.7 Å². The minimum absolute atomic E-state index is 0.500. The zero-order valence-corrected chi connectivity index (χ0v) is 18.9. The molecule has 1 aromatic carbocycles. The molecule has 31 heavy (non-hydrogen) atoms. The summed E-state index contributed by atoms with van der Waals surface area (Å²) >= 11 is 0. The van der Waals surface area contributed by atoms with Crippen LogP contribution in [0.3, 0.4) is 0 Å². The Morgan fingerprint density at radius 3 is 2.81 bits per heavy atom. The first-order valence-corrected chi connectivity index (χ1v) is 10.8. The molecule has 1 saturated heterocycles. The van der Waals surface area contributed by atoms with Gasteiger partial charge in [-0.3, -0.25) is 9.89 Å². The Balaban J connectivity index is 1.66. The lowest BCUT2D eigenvalue weighted by molar-refractivity contribution is 0.0322. The van der Waals surface area contributed by atoms with Crippen molar-refractivity contribution >= 4 is 12.0 Å².